The van der Waals surface area contributed by atoms with Gasteiger partial charge in [0.15, 0.2) is 0 Å². The lowest BCUT2D eigenvalue weighted by Gasteiger charge is -2.41. The number of nitrogens with zero attached hydrogens (tertiary/aromatic N) is 2. The maximum atomic E-state index is 11.6. The SMILES string of the molecule is CC(C)(/C=N/O)SSC(C)(C)/C=N/O.CC(C)(C=O)SSC(C)(C)C=O.CC(C)(CN)SC(c1ccccc1)(c1ccccc1)c1ccccc1.CC(C)(CNCC(=O)O)SC(c1ccccc1)(c1ccccc1)c1ccccc1.CC(C)C=O.COC(=O)CNCC(C)(C)SC(c1ccccc1)(c1ccccc1)c1ccccc1. The van der Waals surface area contributed by atoms with Crippen LogP contribution in [0.15, 0.2) is 283 Å². The van der Waals surface area contributed by atoms with Crippen molar-refractivity contribution in [3.63, 3.8) is 0 Å². The minimum Gasteiger partial charge on any atom is -0.480 e. The molecule has 0 unspecified atom stereocenters. The maximum Gasteiger partial charge on any atom is 0.319 e. The molecule has 0 aliphatic rings. The zero-order valence-electron chi connectivity index (χ0n) is 69.6. The summed E-state index contributed by atoms with van der Waals surface area (Å²) in [6, 6.07) is 95.8. The minimum absolute atomic E-state index is 0.0427. The van der Waals surface area contributed by atoms with Crippen molar-refractivity contribution in [3.05, 3.63) is 323 Å². The van der Waals surface area contributed by atoms with E-state index in [1.807, 2.05) is 123 Å². The fourth-order valence-electron chi connectivity index (χ4n) is 11.2. The van der Waals surface area contributed by atoms with Crippen molar-refractivity contribution in [2.45, 2.75) is 158 Å². The topological polar surface area (TPSA) is 230 Å². The first-order valence-corrected chi connectivity index (χ1v) is 44.7. The van der Waals surface area contributed by atoms with Gasteiger partial charge in [-0.05, 0) is 147 Å². The van der Waals surface area contributed by atoms with Crippen LogP contribution in [0.2, 0.25) is 0 Å². The van der Waals surface area contributed by atoms with Gasteiger partial charge in [0.25, 0.3) is 0 Å². The normalized spacial score (nSPS) is 12.2. The van der Waals surface area contributed by atoms with Crippen molar-refractivity contribution >= 4 is 122 Å². The number of rotatable bonds is 35. The molecule has 0 heterocycles. The van der Waals surface area contributed by atoms with Crippen molar-refractivity contribution in [2.75, 3.05) is 39.8 Å². The minimum atomic E-state index is -0.841. The number of ether oxygens (including phenoxy) is 1. The number of methoxy groups -OCH3 is 1. The highest BCUT2D eigenvalue weighted by atomic mass is 33.1. The third kappa shape index (κ3) is 33.6. The Kier molecular flexibility index (Phi) is 42.2. The lowest BCUT2D eigenvalue weighted by molar-refractivity contribution is -0.139. The van der Waals surface area contributed by atoms with Gasteiger partial charge in [-0.1, -0.05) is 330 Å². The smallest absolute Gasteiger partial charge is 0.319 e. The second-order valence-electron chi connectivity index (χ2n) is 31.2. The van der Waals surface area contributed by atoms with Crippen molar-refractivity contribution < 1.29 is 44.2 Å². The number of nitrogens with one attached hydrogen (secondary N) is 2. The maximum absolute atomic E-state index is 11.6. The van der Waals surface area contributed by atoms with E-state index in [-0.39, 0.29) is 58.2 Å². The fourth-order valence-corrected chi connectivity index (χ4v) is 20.6. The predicted octanol–water partition coefficient (Wildman–Crippen LogP) is 21.9. The summed E-state index contributed by atoms with van der Waals surface area (Å²) in [5.74, 6) is -0.891. The van der Waals surface area contributed by atoms with Gasteiger partial charge in [0.05, 0.1) is 65.9 Å². The molecule has 0 spiro atoms. The van der Waals surface area contributed by atoms with Crippen LogP contribution in [0.5, 0.6) is 0 Å². The molecule has 0 aliphatic carbocycles. The molecular formula is C94H119N5O9S7. The summed E-state index contributed by atoms with van der Waals surface area (Å²) in [6.07, 6.45) is 5.64. The monoisotopic (exact) mass is 1690 g/mol. The number of carboxylic acids is 1. The number of oxime groups is 2. The molecule has 0 radical (unpaired) electrons. The van der Waals surface area contributed by atoms with Gasteiger partial charge in [-0.2, -0.15) is 0 Å². The van der Waals surface area contributed by atoms with Crippen molar-refractivity contribution in [1.82, 2.24) is 10.6 Å². The van der Waals surface area contributed by atoms with E-state index in [9.17, 15) is 24.0 Å². The van der Waals surface area contributed by atoms with Gasteiger partial charge in [-0.15, -0.1) is 45.6 Å². The molecule has 0 saturated heterocycles. The van der Waals surface area contributed by atoms with E-state index in [1.165, 1.54) is 91.2 Å². The highest BCUT2D eigenvalue weighted by Gasteiger charge is 2.45. The Hall–Kier alpha value is -7.80. The highest BCUT2D eigenvalue weighted by Crippen LogP contribution is 2.56. The Morgan fingerprint density at radius 1 is 0.374 bits per heavy atom. The Labute approximate surface area is 714 Å². The van der Waals surface area contributed by atoms with E-state index >= 15 is 0 Å². The second kappa shape index (κ2) is 48.8. The van der Waals surface area contributed by atoms with E-state index in [0.717, 1.165) is 18.9 Å². The molecule has 0 saturated carbocycles. The van der Waals surface area contributed by atoms with Crippen LogP contribution in [0.4, 0.5) is 0 Å². The fraction of sp³-hybridized carbons (Fsp3) is 0.351. The number of hydrogen-bond donors (Lipinski definition) is 6. The van der Waals surface area contributed by atoms with E-state index in [4.69, 9.17) is 26.0 Å². The third-order valence-corrected chi connectivity index (χ3v) is 29.9. The van der Waals surface area contributed by atoms with Crippen LogP contribution < -0.4 is 16.4 Å². The van der Waals surface area contributed by atoms with Crippen LogP contribution in [0.1, 0.15) is 161 Å². The number of esters is 1. The first kappa shape index (κ1) is 99.6. The number of hydrogen-bond acceptors (Lipinski definition) is 20. The van der Waals surface area contributed by atoms with Gasteiger partial charge < -0.3 is 51.0 Å². The number of nitrogens with two attached hydrogens (primary N) is 1. The lowest BCUT2D eigenvalue weighted by atomic mass is 9.84. The average Bonchev–Trinajstić information content (AvgIpc) is 0.762. The van der Waals surface area contributed by atoms with E-state index in [0.29, 0.717) is 19.6 Å². The molecule has 616 valence electrons. The van der Waals surface area contributed by atoms with Crippen molar-refractivity contribution in [3.8, 4) is 0 Å². The van der Waals surface area contributed by atoms with E-state index < -0.39 is 20.2 Å². The highest BCUT2D eigenvalue weighted by molar-refractivity contribution is 8.78. The van der Waals surface area contributed by atoms with Crippen LogP contribution in [0.3, 0.4) is 0 Å². The van der Waals surface area contributed by atoms with Gasteiger partial charge in [-0.25, -0.2) is 0 Å². The Morgan fingerprint density at radius 3 is 0.748 bits per heavy atom. The molecule has 0 amide bonds. The number of benzene rings is 9. The molecule has 7 N–H and O–H groups in total. The van der Waals surface area contributed by atoms with E-state index in [1.54, 1.807) is 21.6 Å². The molecule has 0 atom stereocenters. The average molecular weight is 1690 g/mol. The summed E-state index contributed by atoms with van der Waals surface area (Å²) < 4.78 is 1.87. The van der Waals surface area contributed by atoms with Crippen LogP contribution >= 0.6 is 78.5 Å². The Bertz CT molecular complexity index is 3970. The van der Waals surface area contributed by atoms with Crippen LogP contribution in [-0.2, 0) is 43.0 Å². The van der Waals surface area contributed by atoms with Crippen molar-refractivity contribution in [2.24, 2.45) is 22.0 Å². The Balaban J connectivity index is 0.000000309. The van der Waals surface area contributed by atoms with Gasteiger partial charge in [0.1, 0.15) is 18.9 Å². The number of carbonyl (C=O) groups excluding carboxylic acids is 4. The molecule has 9 aromatic rings. The third-order valence-electron chi connectivity index (χ3n) is 16.8. The van der Waals surface area contributed by atoms with E-state index in [2.05, 4.69) is 317 Å². The number of carboxylic acid groups (broad SMARTS) is 1. The summed E-state index contributed by atoms with van der Waals surface area (Å²) in [4.78, 5) is 53.0. The largest absolute Gasteiger partial charge is 0.480 e. The number of aldehydes is 3. The summed E-state index contributed by atoms with van der Waals surface area (Å²) >= 11 is 5.68. The van der Waals surface area contributed by atoms with Crippen molar-refractivity contribution in [1.29, 1.82) is 0 Å². The van der Waals surface area contributed by atoms with Crippen LogP contribution in [-0.4, -0.2) is 132 Å². The molecule has 0 aliphatic heterocycles. The second-order valence-corrected chi connectivity index (χ2v) is 43.8. The number of aliphatic carboxylic acids is 1. The molecule has 14 nitrogen and oxygen atoms in total. The molecule has 21 heteroatoms. The summed E-state index contributed by atoms with van der Waals surface area (Å²) in [5, 5.41) is 38.2. The standard InChI is InChI=1S/C26H29NO2S.C25H27NO2S.C23H25NS.C8H16N2O2S2.C8H14O2S2.C4H8O/c1-25(2,20-27-19-24(28)29-3)30-26(21-13-7-4-8-14-21,22-15-9-5-10-16-22)23-17-11-6-12-18-23;1-24(2,19-26-18-23(27)28)29-25(20-12-6-3-7-13-20,21-14-8-4-9-15-21)22-16-10-5-11-17-22;1-22(2,18-24)25-23(19-12-6-3-7-13-19,20-14-8-4-9-15-20)21-16-10-5-11-17-21;1-7(2,5-9-11)13-14-8(3,4)6-10-12;1-7(2,5-9)11-12-8(3,4)6-10;1-4(2)3-5/h4-18,27H,19-20H2,1-3H3;3-17,26H,18-19H2,1-2H3,(H,27,28);3-17H,18,24H2,1-2H3;5-6,11-12H,1-4H3;5-6H,1-4H3;3-4H,1-2H3/b;;;9-5+,10-6+;;. The predicted molar refractivity (Wildman–Crippen MR) is 497 cm³/mol. The molecule has 0 aromatic heterocycles. The Morgan fingerprint density at radius 2 is 0.574 bits per heavy atom. The number of carbonyl (C=O) groups is 5. The molecule has 0 fully saturated rings. The summed E-state index contributed by atoms with van der Waals surface area (Å²) in [6.45, 7) is 34.0. The van der Waals surface area contributed by atoms with Gasteiger partial charge >= 0.3 is 11.9 Å². The molecule has 9 aromatic carbocycles. The zero-order valence-corrected chi connectivity index (χ0v) is 75.3. The lowest BCUT2D eigenvalue weighted by Crippen LogP contribution is -2.40. The van der Waals surface area contributed by atoms with Gasteiger partial charge in [-0.3, -0.25) is 9.59 Å². The quantitative estimate of drug-likeness (QED) is 0.00412. The zero-order chi connectivity index (χ0) is 85.3. The first-order chi connectivity index (χ1) is 54.4. The van der Waals surface area contributed by atoms with Crippen LogP contribution in [0.25, 0.3) is 0 Å². The van der Waals surface area contributed by atoms with Gasteiger partial charge in [0.2, 0.25) is 0 Å². The van der Waals surface area contributed by atoms with Gasteiger partial charge in [0, 0.05) is 39.8 Å². The van der Waals surface area contributed by atoms with Crippen LogP contribution in [0, 0.1) is 5.92 Å². The molecule has 9 rings (SSSR count). The molecule has 0 bridgehead atoms. The number of thioether (sulfide) groups is 3. The first-order valence-electron chi connectivity index (χ1n) is 37.9. The molecular weight excluding hydrogens is 1570 g/mol. The summed E-state index contributed by atoms with van der Waals surface area (Å²) in [5.41, 5.74) is 17.3. The summed E-state index contributed by atoms with van der Waals surface area (Å²) in [7, 11) is 7.38. The molecule has 115 heavy (non-hydrogen) atoms.